The molecule has 0 aromatic carbocycles. The van der Waals surface area contributed by atoms with Gasteiger partial charge in [-0.1, -0.05) is 34.1 Å². The fourth-order valence-electron chi connectivity index (χ4n) is 1.51. The highest BCUT2D eigenvalue weighted by Gasteiger charge is 2.37. The summed E-state index contributed by atoms with van der Waals surface area (Å²) in [6.07, 6.45) is 4.01. The van der Waals surface area contributed by atoms with Gasteiger partial charge in [-0.05, 0) is 24.7 Å². The molecule has 78 valence electrons. The molecule has 0 aromatic heterocycles. The van der Waals surface area contributed by atoms with E-state index in [9.17, 15) is 13.2 Å². The molecule has 13 heavy (non-hydrogen) atoms. The third kappa shape index (κ3) is 3.70. The Morgan fingerprint density at radius 3 is 2.23 bits per heavy atom. The van der Waals surface area contributed by atoms with E-state index in [0.29, 0.717) is 6.42 Å². The van der Waals surface area contributed by atoms with Crippen LogP contribution in [0.2, 0.25) is 0 Å². The predicted octanol–water partition coefficient (Wildman–Crippen LogP) is 4.19. The minimum Gasteiger partial charge on any atom is -0.160 e. The molecule has 1 aliphatic carbocycles. The summed E-state index contributed by atoms with van der Waals surface area (Å²) < 4.78 is 35.4. The Kier molecular flexibility index (Phi) is 3.98. The van der Waals surface area contributed by atoms with Crippen LogP contribution >= 0.6 is 27.7 Å². The Morgan fingerprint density at radius 2 is 1.92 bits per heavy atom. The Balaban J connectivity index is 2.18. The van der Waals surface area contributed by atoms with Crippen LogP contribution in [0.4, 0.5) is 13.2 Å². The maximum Gasteiger partial charge on any atom is 0.441 e. The van der Waals surface area contributed by atoms with Gasteiger partial charge >= 0.3 is 5.51 Å². The van der Waals surface area contributed by atoms with Crippen molar-refractivity contribution in [2.24, 2.45) is 5.41 Å². The molecule has 0 bridgehead atoms. The zero-order valence-corrected chi connectivity index (χ0v) is 9.57. The van der Waals surface area contributed by atoms with Crippen LogP contribution in [0, 0.1) is 5.41 Å². The third-order valence-corrected chi connectivity index (χ3v) is 4.52. The van der Waals surface area contributed by atoms with Gasteiger partial charge in [0.1, 0.15) is 0 Å². The third-order valence-electron chi connectivity index (χ3n) is 2.60. The number of alkyl halides is 4. The normalized spacial score (nSPS) is 21.2. The number of halogens is 4. The van der Waals surface area contributed by atoms with Gasteiger partial charge in [-0.15, -0.1) is 0 Å². The summed E-state index contributed by atoms with van der Waals surface area (Å²) in [6.45, 7) is 0. The molecule has 0 atom stereocenters. The first-order valence-corrected chi connectivity index (χ1v) is 6.35. The van der Waals surface area contributed by atoms with Gasteiger partial charge in [0.25, 0.3) is 0 Å². The maximum atomic E-state index is 11.8. The van der Waals surface area contributed by atoms with Crippen molar-refractivity contribution in [1.82, 2.24) is 0 Å². The molecule has 0 radical (unpaired) electrons. The molecule has 5 heteroatoms. The van der Waals surface area contributed by atoms with E-state index in [-0.39, 0.29) is 22.9 Å². The van der Waals surface area contributed by atoms with E-state index in [4.69, 9.17) is 0 Å². The smallest absolute Gasteiger partial charge is 0.160 e. The second kappa shape index (κ2) is 4.43. The van der Waals surface area contributed by atoms with Crippen LogP contribution in [0.3, 0.4) is 0 Å². The van der Waals surface area contributed by atoms with Gasteiger partial charge in [-0.25, -0.2) is 0 Å². The monoisotopic (exact) mass is 276 g/mol. The van der Waals surface area contributed by atoms with Crippen LogP contribution in [-0.2, 0) is 0 Å². The number of hydrogen-bond acceptors (Lipinski definition) is 1. The summed E-state index contributed by atoms with van der Waals surface area (Å²) in [6, 6.07) is 0. The molecule has 0 saturated heterocycles. The van der Waals surface area contributed by atoms with E-state index in [2.05, 4.69) is 15.9 Å². The largest absolute Gasteiger partial charge is 0.441 e. The molecule has 1 fully saturated rings. The number of rotatable bonds is 4. The van der Waals surface area contributed by atoms with Crippen molar-refractivity contribution in [2.75, 3.05) is 11.1 Å². The summed E-state index contributed by atoms with van der Waals surface area (Å²) in [5, 5.41) is 0.846. The highest BCUT2D eigenvalue weighted by molar-refractivity contribution is 9.09. The lowest BCUT2D eigenvalue weighted by atomic mass is 9.69. The van der Waals surface area contributed by atoms with Crippen molar-refractivity contribution in [3.8, 4) is 0 Å². The van der Waals surface area contributed by atoms with E-state index in [1.807, 2.05) is 0 Å². The molecule has 0 unspecified atom stereocenters. The number of hydrogen-bond donors (Lipinski definition) is 0. The molecule has 1 aliphatic rings. The molecule has 0 nitrogen and oxygen atoms in total. The van der Waals surface area contributed by atoms with Crippen molar-refractivity contribution in [1.29, 1.82) is 0 Å². The summed E-state index contributed by atoms with van der Waals surface area (Å²) in [5.41, 5.74) is -3.88. The average molecular weight is 277 g/mol. The molecule has 0 aromatic rings. The van der Waals surface area contributed by atoms with Gasteiger partial charge in [0.2, 0.25) is 0 Å². The van der Waals surface area contributed by atoms with Gasteiger partial charge < -0.3 is 0 Å². The van der Waals surface area contributed by atoms with Crippen molar-refractivity contribution < 1.29 is 13.2 Å². The van der Waals surface area contributed by atoms with Gasteiger partial charge in [-0.3, -0.25) is 0 Å². The Morgan fingerprint density at radius 1 is 1.31 bits per heavy atom. The van der Waals surface area contributed by atoms with E-state index < -0.39 is 5.51 Å². The zero-order valence-electron chi connectivity index (χ0n) is 7.16. The lowest BCUT2D eigenvalue weighted by Crippen LogP contribution is -2.31. The molecule has 0 heterocycles. The van der Waals surface area contributed by atoms with Gasteiger partial charge in [0.15, 0.2) is 0 Å². The second-order valence-electron chi connectivity index (χ2n) is 3.53. The first-order chi connectivity index (χ1) is 5.97. The van der Waals surface area contributed by atoms with Gasteiger partial charge in [0.05, 0.1) is 0 Å². The quantitative estimate of drug-likeness (QED) is 0.694. The van der Waals surface area contributed by atoms with Crippen molar-refractivity contribution >= 4 is 27.7 Å². The maximum absolute atomic E-state index is 11.8. The molecular formula is C8H12BrF3S. The van der Waals surface area contributed by atoms with E-state index >= 15 is 0 Å². The lowest BCUT2D eigenvalue weighted by Gasteiger charge is -2.40. The summed E-state index contributed by atoms with van der Waals surface area (Å²) in [7, 11) is 0. The van der Waals surface area contributed by atoms with Crippen molar-refractivity contribution in [2.45, 2.75) is 31.2 Å². The summed E-state index contributed by atoms with van der Waals surface area (Å²) in [5.74, 6) is 0.203. The Labute approximate surface area is 88.8 Å². The van der Waals surface area contributed by atoms with E-state index in [1.165, 1.54) is 6.42 Å². The van der Waals surface area contributed by atoms with Crippen LogP contribution < -0.4 is 0 Å². The van der Waals surface area contributed by atoms with Gasteiger partial charge in [0, 0.05) is 11.1 Å². The fourth-order valence-corrected chi connectivity index (χ4v) is 3.12. The molecule has 1 rings (SSSR count). The minimum absolute atomic E-state index is 0.104. The minimum atomic E-state index is -4.06. The molecule has 0 spiro atoms. The summed E-state index contributed by atoms with van der Waals surface area (Å²) >= 11 is 3.48. The predicted molar refractivity (Wildman–Crippen MR) is 53.2 cm³/mol. The highest BCUT2D eigenvalue weighted by atomic mass is 79.9. The van der Waals surface area contributed by atoms with Crippen LogP contribution in [0.5, 0.6) is 0 Å². The fraction of sp³-hybridized carbons (Fsp3) is 1.00. The zero-order chi connectivity index (χ0) is 9.95. The van der Waals surface area contributed by atoms with Crippen LogP contribution in [0.15, 0.2) is 0 Å². The first kappa shape index (κ1) is 11.7. The topological polar surface area (TPSA) is 0 Å². The van der Waals surface area contributed by atoms with Crippen LogP contribution in [-0.4, -0.2) is 16.6 Å². The average Bonchev–Trinajstić information content (AvgIpc) is 1.92. The Hall–Kier alpha value is 0.620. The molecule has 0 amide bonds. The van der Waals surface area contributed by atoms with E-state index in [1.54, 1.807) is 0 Å². The van der Waals surface area contributed by atoms with Crippen molar-refractivity contribution in [3.05, 3.63) is 0 Å². The number of thioether (sulfide) groups is 1. The molecule has 0 aliphatic heterocycles. The summed E-state index contributed by atoms with van der Waals surface area (Å²) in [4.78, 5) is 0. The second-order valence-corrected chi connectivity index (χ2v) is 5.25. The SMILES string of the molecule is FC(F)(F)SCCC1(CBr)CCC1. The Bertz CT molecular complexity index is 160. The van der Waals surface area contributed by atoms with Crippen LogP contribution in [0.1, 0.15) is 25.7 Å². The highest BCUT2D eigenvalue weighted by Crippen LogP contribution is 2.46. The lowest BCUT2D eigenvalue weighted by molar-refractivity contribution is -0.0330. The van der Waals surface area contributed by atoms with Gasteiger partial charge in [-0.2, -0.15) is 13.2 Å². The van der Waals surface area contributed by atoms with Crippen molar-refractivity contribution in [3.63, 3.8) is 0 Å². The van der Waals surface area contributed by atoms with Crippen LogP contribution in [0.25, 0.3) is 0 Å². The van der Waals surface area contributed by atoms with E-state index in [0.717, 1.165) is 18.2 Å². The standard InChI is InChI=1S/C8H12BrF3S/c9-6-7(2-1-3-7)4-5-13-8(10,11)12/h1-6H2. The molecule has 1 saturated carbocycles. The molecular weight excluding hydrogens is 265 g/mol. The molecule has 0 N–H and O–H groups in total. The first-order valence-electron chi connectivity index (χ1n) is 4.24.